The summed E-state index contributed by atoms with van der Waals surface area (Å²) in [7, 11) is 3.08. The van der Waals surface area contributed by atoms with Crippen molar-refractivity contribution in [2.75, 3.05) is 30.2 Å². The molecule has 150 valence electrons. The van der Waals surface area contributed by atoms with Crippen LogP contribution in [0.15, 0.2) is 54.7 Å². The summed E-state index contributed by atoms with van der Waals surface area (Å²) in [5.74, 6) is 1.62. The van der Waals surface area contributed by atoms with Crippen LogP contribution in [-0.4, -0.2) is 31.1 Å². The van der Waals surface area contributed by atoms with Crippen LogP contribution in [0.3, 0.4) is 0 Å². The Morgan fingerprint density at radius 2 is 1.62 bits per heavy atom. The molecule has 0 radical (unpaired) electrons. The van der Waals surface area contributed by atoms with E-state index in [1.807, 2.05) is 18.2 Å². The molecule has 2 aromatic carbocycles. The highest BCUT2D eigenvalue weighted by atomic mass is 16.5. The second-order valence-corrected chi connectivity index (χ2v) is 6.21. The van der Waals surface area contributed by atoms with Crippen LogP contribution in [-0.2, 0) is 4.79 Å². The van der Waals surface area contributed by atoms with Gasteiger partial charge in [0, 0.05) is 30.4 Å². The Morgan fingerprint density at radius 3 is 2.28 bits per heavy atom. The van der Waals surface area contributed by atoms with Crippen LogP contribution in [0.25, 0.3) is 11.1 Å². The summed E-state index contributed by atoms with van der Waals surface area (Å²) in [6.07, 6.45) is 1.80. The molecule has 0 aliphatic rings. The lowest BCUT2D eigenvalue weighted by Crippen LogP contribution is -2.19. The quantitative estimate of drug-likeness (QED) is 0.500. The van der Waals surface area contributed by atoms with E-state index >= 15 is 0 Å². The Morgan fingerprint density at radius 1 is 0.862 bits per heavy atom. The molecule has 0 aliphatic carbocycles. The summed E-state index contributed by atoms with van der Waals surface area (Å²) in [4.78, 5) is 26.5. The van der Waals surface area contributed by atoms with Crippen LogP contribution in [0.4, 0.5) is 22.0 Å². The fourth-order valence-electron chi connectivity index (χ4n) is 2.77. The van der Waals surface area contributed by atoms with Crippen molar-refractivity contribution in [3.05, 3.63) is 54.7 Å². The highest BCUT2D eigenvalue weighted by Gasteiger charge is 2.10. The summed E-state index contributed by atoms with van der Waals surface area (Å²) >= 11 is 0. The number of carbonyl (C=O) groups is 2. The predicted octanol–water partition coefficient (Wildman–Crippen LogP) is 4.30. The zero-order chi connectivity index (χ0) is 20.8. The summed E-state index contributed by atoms with van der Waals surface area (Å²) in [6, 6.07) is 13.9. The van der Waals surface area contributed by atoms with Crippen molar-refractivity contribution in [3.8, 4) is 22.6 Å². The molecule has 29 heavy (non-hydrogen) atoms. The summed E-state index contributed by atoms with van der Waals surface area (Å²) < 4.78 is 10.4. The maximum Gasteiger partial charge on any atom is 0.323 e. The normalized spacial score (nSPS) is 10.2. The van der Waals surface area contributed by atoms with Crippen molar-refractivity contribution in [3.63, 3.8) is 0 Å². The number of anilines is 3. The lowest BCUT2D eigenvalue weighted by Gasteiger charge is -2.12. The molecule has 0 aliphatic heterocycles. The van der Waals surface area contributed by atoms with Gasteiger partial charge in [0.05, 0.1) is 19.9 Å². The smallest absolute Gasteiger partial charge is 0.323 e. The van der Waals surface area contributed by atoms with Gasteiger partial charge >= 0.3 is 6.03 Å². The van der Waals surface area contributed by atoms with E-state index in [4.69, 9.17) is 9.47 Å². The minimum absolute atomic E-state index is 0.142. The predicted molar refractivity (Wildman–Crippen MR) is 113 cm³/mol. The molecule has 4 N–H and O–H groups in total. The fraction of sp³-hybridized carbons (Fsp3) is 0.143. The topological polar surface area (TPSA) is 104 Å². The largest absolute Gasteiger partial charge is 0.497 e. The van der Waals surface area contributed by atoms with Crippen molar-refractivity contribution in [1.29, 1.82) is 0 Å². The molecule has 1 aromatic heterocycles. The van der Waals surface area contributed by atoms with Crippen LogP contribution in [0.5, 0.6) is 11.5 Å². The van der Waals surface area contributed by atoms with E-state index in [0.29, 0.717) is 28.7 Å². The second-order valence-electron chi connectivity index (χ2n) is 6.21. The molecule has 8 nitrogen and oxygen atoms in total. The van der Waals surface area contributed by atoms with Crippen molar-refractivity contribution in [2.24, 2.45) is 0 Å². The zero-order valence-corrected chi connectivity index (χ0v) is 16.3. The van der Waals surface area contributed by atoms with Gasteiger partial charge in [0.15, 0.2) is 0 Å². The number of amides is 3. The molecule has 3 aromatic rings. The summed E-state index contributed by atoms with van der Waals surface area (Å²) in [5.41, 5.74) is 2.99. The SMILES string of the molecule is COc1ccc(OC)c(NC(=O)Nc2ccc(-c3c[nH]c(NC(C)=O)c3)cc2)c1. The van der Waals surface area contributed by atoms with Gasteiger partial charge in [0.2, 0.25) is 5.91 Å². The molecule has 1 heterocycles. The van der Waals surface area contributed by atoms with E-state index in [2.05, 4.69) is 20.9 Å². The molecule has 0 unspecified atom stereocenters. The third kappa shape index (κ3) is 5.07. The van der Waals surface area contributed by atoms with Gasteiger partial charge in [-0.25, -0.2) is 4.79 Å². The number of hydrogen-bond donors (Lipinski definition) is 4. The molecule has 3 amide bonds. The third-order valence-electron chi connectivity index (χ3n) is 4.12. The van der Waals surface area contributed by atoms with Crippen LogP contribution >= 0.6 is 0 Å². The first kappa shape index (κ1) is 19.8. The number of aromatic nitrogens is 1. The maximum atomic E-state index is 12.3. The molecule has 0 spiro atoms. The number of rotatable bonds is 6. The molecule has 0 atom stereocenters. The van der Waals surface area contributed by atoms with Crippen molar-refractivity contribution in [1.82, 2.24) is 4.98 Å². The molecule has 0 saturated heterocycles. The number of H-pyrrole nitrogens is 1. The van der Waals surface area contributed by atoms with E-state index in [1.54, 1.807) is 43.6 Å². The Labute approximate surface area is 168 Å². The summed E-state index contributed by atoms with van der Waals surface area (Å²) in [5, 5.41) is 8.22. The minimum atomic E-state index is -0.404. The lowest BCUT2D eigenvalue weighted by molar-refractivity contribution is -0.114. The Kier molecular flexibility index (Phi) is 6.03. The monoisotopic (exact) mass is 394 g/mol. The van der Waals surface area contributed by atoms with Crippen LogP contribution in [0, 0.1) is 0 Å². The fourth-order valence-corrected chi connectivity index (χ4v) is 2.77. The average molecular weight is 394 g/mol. The van der Waals surface area contributed by atoms with Crippen molar-refractivity contribution < 1.29 is 19.1 Å². The van der Waals surface area contributed by atoms with Crippen molar-refractivity contribution in [2.45, 2.75) is 6.92 Å². The van der Waals surface area contributed by atoms with Gasteiger partial charge in [-0.15, -0.1) is 0 Å². The van der Waals surface area contributed by atoms with Gasteiger partial charge < -0.3 is 30.4 Å². The molecule has 0 bridgehead atoms. The molecule has 8 heteroatoms. The third-order valence-corrected chi connectivity index (χ3v) is 4.12. The van der Waals surface area contributed by atoms with E-state index in [0.717, 1.165) is 11.1 Å². The molecule has 0 saturated carbocycles. The van der Waals surface area contributed by atoms with Gasteiger partial charge in [-0.1, -0.05) is 12.1 Å². The van der Waals surface area contributed by atoms with Gasteiger partial charge in [0.25, 0.3) is 0 Å². The van der Waals surface area contributed by atoms with Crippen LogP contribution in [0.1, 0.15) is 6.92 Å². The van der Waals surface area contributed by atoms with E-state index in [9.17, 15) is 9.59 Å². The Balaban J connectivity index is 1.66. The van der Waals surface area contributed by atoms with Gasteiger partial charge in [-0.2, -0.15) is 0 Å². The highest BCUT2D eigenvalue weighted by Crippen LogP contribution is 2.29. The summed E-state index contributed by atoms with van der Waals surface area (Å²) in [6.45, 7) is 1.45. The first-order valence-corrected chi connectivity index (χ1v) is 8.85. The van der Waals surface area contributed by atoms with Crippen LogP contribution in [0.2, 0.25) is 0 Å². The number of hydrogen-bond acceptors (Lipinski definition) is 4. The Hall–Kier alpha value is -3.94. The van der Waals surface area contributed by atoms with Crippen molar-refractivity contribution >= 4 is 29.1 Å². The van der Waals surface area contributed by atoms with Crippen LogP contribution < -0.4 is 25.4 Å². The Bertz CT molecular complexity index is 1010. The number of nitrogens with one attached hydrogen (secondary N) is 4. The average Bonchev–Trinajstić information content (AvgIpc) is 3.16. The zero-order valence-electron chi connectivity index (χ0n) is 16.3. The molecule has 3 rings (SSSR count). The van der Waals surface area contributed by atoms with Gasteiger partial charge in [-0.3, -0.25) is 4.79 Å². The molecular formula is C21H22N4O4. The first-order chi connectivity index (χ1) is 14.0. The number of benzene rings is 2. The number of ether oxygens (including phenoxy) is 2. The first-order valence-electron chi connectivity index (χ1n) is 8.85. The number of methoxy groups -OCH3 is 2. The van der Waals surface area contributed by atoms with E-state index in [1.165, 1.54) is 14.0 Å². The highest BCUT2D eigenvalue weighted by molar-refractivity contribution is 6.01. The standard InChI is InChI=1S/C21H22N4O4/c1-13(26)23-20-10-15(12-22-20)14-4-6-16(7-5-14)24-21(27)25-18-11-17(28-2)8-9-19(18)29-3/h4-12,22H,1-3H3,(H,23,26)(H2,24,25,27). The number of aromatic amines is 1. The number of carbonyl (C=O) groups excluding carboxylic acids is 2. The number of urea groups is 1. The second kappa shape index (κ2) is 8.83. The minimum Gasteiger partial charge on any atom is -0.497 e. The van der Waals surface area contributed by atoms with E-state index in [-0.39, 0.29) is 5.91 Å². The van der Waals surface area contributed by atoms with Gasteiger partial charge in [0.1, 0.15) is 17.3 Å². The molecular weight excluding hydrogens is 372 g/mol. The molecule has 0 fully saturated rings. The van der Waals surface area contributed by atoms with E-state index < -0.39 is 6.03 Å². The maximum absolute atomic E-state index is 12.3. The van der Waals surface area contributed by atoms with Gasteiger partial charge in [-0.05, 0) is 35.9 Å². The lowest BCUT2D eigenvalue weighted by atomic mass is 10.1.